The highest BCUT2D eigenvalue weighted by Gasteiger charge is 2.20. The van der Waals surface area contributed by atoms with Crippen LogP contribution in [0.25, 0.3) is 5.69 Å². The molecule has 3 rings (SSSR count). The Hall–Kier alpha value is -3.66. The maximum Gasteiger partial charge on any atom is 0.264 e. The molecule has 0 radical (unpaired) electrons. The molecule has 9 nitrogen and oxygen atoms in total. The van der Waals surface area contributed by atoms with Crippen molar-refractivity contribution in [1.29, 1.82) is 0 Å². The van der Waals surface area contributed by atoms with Gasteiger partial charge in [0, 0.05) is 24.6 Å². The zero-order valence-electron chi connectivity index (χ0n) is 17.1. The molecule has 1 amide bonds. The van der Waals surface area contributed by atoms with Crippen LogP contribution in [0.2, 0.25) is 0 Å². The molecule has 1 aromatic heterocycles. The summed E-state index contributed by atoms with van der Waals surface area (Å²) in [6.07, 6.45) is -0.0380. The van der Waals surface area contributed by atoms with Gasteiger partial charge in [-0.2, -0.15) is 5.10 Å². The van der Waals surface area contributed by atoms with E-state index in [9.17, 15) is 28.2 Å². The molecule has 0 aliphatic rings. The van der Waals surface area contributed by atoms with Crippen LogP contribution in [-0.4, -0.2) is 40.1 Å². The third-order valence-corrected chi connectivity index (χ3v) is 6.18. The molecule has 0 saturated heterocycles. The third-order valence-electron chi connectivity index (χ3n) is 4.73. The number of nitrogens with one attached hydrogen (secondary N) is 1. The van der Waals surface area contributed by atoms with Gasteiger partial charge in [-0.1, -0.05) is 0 Å². The summed E-state index contributed by atoms with van der Waals surface area (Å²) in [5, 5.41) is 24.0. The lowest BCUT2D eigenvalue weighted by Gasteiger charge is -2.08. The molecular weight excluding hydrogens is 422 g/mol. The molecule has 1 heterocycles. The topological polar surface area (TPSA) is 139 Å². The SMILES string of the molecule is CC(=O)NS(=O)(=O)c1ccc(-n2nc(C)c(CC(=O)c3cc(O)ccc3O)c2C)cc1. The van der Waals surface area contributed by atoms with E-state index in [1.165, 1.54) is 30.3 Å². The van der Waals surface area contributed by atoms with Crippen LogP contribution in [0, 0.1) is 13.8 Å². The summed E-state index contributed by atoms with van der Waals surface area (Å²) >= 11 is 0. The molecule has 10 heteroatoms. The number of ketones is 1. The molecule has 2 aromatic carbocycles. The van der Waals surface area contributed by atoms with Crippen molar-refractivity contribution >= 4 is 21.7 Å². The zero-order chi connectivity index (χ0) is 22.9. The molecule has 0 aliphatic carbocycles. The molecule has 0 aliphatic heterocycles. The fourth-order valence-corrected chi connectivity index (χ4v) is 4.19. The Labute approximate surface area is 179 Å². The van der Waals surface area contributed by atoms with Crippen LogP contribution in [0.3, 0.4) is 0 Å². The number of nitrogens with zero attached hydrogens (tertiary/aromatic N) is 2. The second-order valence-electron chi connectivity index (χ2n) is 7.02. The Balaban J connectivity index is 1.90. The van der Waals surface area contributed by atoms with Crippen molar-refractivity contribution < 1.29 is 28.2 Å². The first-order valence-corrected chi connectivity index (χ1v) is 10.7. The van der Waals surface area contributed by atoms with E-state index in [0.29, 0.717) is 22.6 Å². The third kappa shape index (κ3) is 4.58. The summed E-state index contributed by atoms with van der Waals surface area (Å²) in [7, 11) is -3.94. The van der Waals surface area contributed by atoms with Gasteiger partial charge < -0.3 is 10.2 Å². The van der Waals surface area contributed by atoms with Crippen LogP contribution in [0.5, 0.6) is 11.5 Å². The van der Waals surface area contributed by atoms with Gasteiger partial charge in [0.15, 0.2) is 5.78 Å². The van der Waals surface area contributed by atoms with Gasteiger partial charge in [-0.25, -0.2) is 17.8 Å². The van der Waals surface area contributed by atoms with Gasteiger partial charge in [0.1, 0.15) is 11.5 Å². The van der Waals surface area contributed by atoms with Crippen LogP contribution in [0.1, 0.15) is 34.2 Å². The number of benzene rings is 2. The van der Waals surface area contributed by atoms with Gasteiger partial charge in [0.25, 0.3) is 10.0 Å². The maximum atomic E-state index is 12.7. The van der Waals surface area contributed by atoms with Crippen LogP contribution < -0.4 is 4.72 Å². The van der Waals surface area contributed by atoms with Crippen molar-refractivity contribution in [1.82, 2.24) is 14.5 Å². The highest BCUT2D eigenvalue weighted by molar-refractivity contribution is 7.90. The Morgan fingerprint density at radius 1 is 1.06 bits per heavy atom. The molecule has 31 heavy (non-hydrogen) atoms. The van der Waals surface area contributed by atoms with E-state index in [-0.39, 0.29) is 34.2 Å². The molecule has 0 saturated carbocycles. The number of carbonyl (C=O) groups is 2. The fraction of sp³-hybridized carbons (Fsp3) is 0.190. The average Bonchev–Trinajstić information content (AvgIpc) is 2.97. The highest BCUT2D eigenvalue weighted by Crippen LogP contribution is 2.26. The van der Waals surface area contributed by atoms with Gasteiger partial charge >= 0.3 is 0 Å². The number of phenolic OH excluding ortho intramolecular Hbond substituents is 2. The second-order valence-corrected chi connectivity index (χ2v) is 8.70. The Morgan fingerprint density at radius 2 is 1.71 bits per heavy atom. The Kier molecular flexibility index (Phi) is 5.85. The molecule has 3 N–H and O–H groups in total. The number of hydrogen-bond acceptors (Lipinski definition) is 7. The van der Waals surface area contributed by atoms with Crippen molar-refractivity contribution in [2.45, 2.75) is 32.1 Å². The number of phenols is 2. The number of rotatable bonds is 6. The fourth-order valence-electron chi connectivity index (χ4n) is 3.20. The normalized spacial score (nSPS) is 11.3. The van der Waals surface area contributed by atoms with Crippen molar-refractivity contribution in [2.75, 3.05) is 0 Å². The van der Waals surface area contributed by atoms with E-state index in [0.717, 1.165) is 6.92 Å². The van der Waals surface area contributed by atoms with Gasteiger partial charge in [0.05, 0.1) is 21.8 Å². The number of aryl methyl sites for hydroxylation is 1. The molecule has 0 unspecified atom stereocenters. The predicted molar refractivity (Wildman–Crippen MR) is 112 cm³/mol. The number of sulfonamides is 1. The van der Waals surface area contributed by atoms with Crippen molar-refractivity contribution in [2.24, 2.45) is 0 Å². The van der Waals surface area contributed by atoms with Gasteiger partial charge in [-0.3, -0.25) is 9.59 Å². The summed E-state index contributed by atoms with van der Waals surface area (Å²) in [4.78, 5) is 23.7. The monoisotopic (exact) mass is 443 g/mol. The minimum absolute atomic E-state index is 0.0130. The molecule has 162 valence electrons. The average molecular weight is 443 g/mol. The molecule has 3 aromatic rings. The summed E-state index contributed by atoms with van der Waals surface area (Å²) in [6, 6.07) is 9.54. The number of Topliss-reactive ketones (excluding diaryl/α,β-unsaturated/α-hetero) is 1. The zero-order valence-corrected chi connectivity index (χ0v) is 17.9. The molecular formula is C21H21N3O6S. The van der Waals surface area contributed by atoms with Crippen LogP contribution in [0.15, 0.2) is 47.4 Å². The number of aromatic nitrogens is 2. The Bertz CT molecular complexity index is 1280. The molecule has 0 fully saturated rings. The lowest BCUT2D eigenvalue weighted by atomic mass is 10.0. The second kappa shape index (κ2) is 8.23. The van der Waals surface area contributed by atoms with Crippen molar-refractivity contribution in [3.63, 3.8) is 0 Å². The summed E-state index contributed by atoms with van der Waals surface area (Å²) in [5.41, 5.74) is 2.51. The van der Waals surface area contributed by atoms with Gasteiger partial charge in [0.2, 0.25) is 5.91 Å². The number of amides is 1. The quantitative estimate of drug-likeness (QED) is 0.392. The molecule has 0 atom stereocenters. The first-order valence-electron chi connectivity index (χ1n) is 9.23. The minimum Gasteiger partial charge on any atom is -0.508 e. The van der Waals surface area contributed by atoms with E-state index in [4.69, 9.17) is 0 Å². The number of hydrogen-bond donors (Lipinski definition) is 3. The van der Waals surface area contributed by atoms with Crippen LogP contribution in [0.4, 0.5) is 0 Å². The standard InChI is InChI=1S/C21H21N3O6S/c1-12-18(11-21(28)19-10-16(26)6-9-20(19)27)13(2)24(22-12)15-4-7-17(8-5-15)31(29,30)23-14(3)25/h4-10,26-27H,11H2,1-3H3,(H,23,25). The maximum absolute atomic E-state index is 12.7. The van der Waals surface area contributed by atoms with Crippen LogP contribution >= 0.6 is 0 Å². The number of aromatic hydroxyl groups is 2. The van der Waals surface area contributed by atoms with E-state index in [1.54, 1.807) is 30.7 Å². The van der Waals surface area contributed by atoms with E-state index >= 15 is 0 Å². The van der Waals surface area contributed by atoms with Gasteiger partial charge in [-0.05, 0) is 56.3 Å². The minimum atomic E-state index is -3.94. The largest absolute Gasteiger partial charge is 0.508 e. The van der Waals surface area contributed by atoms with E-state index < -0.39 is 15.9 Å². The molecule has 0 bridgehead atoms. The smallest absolute Gasteiger partial charge is 0.264 e. The van der Waals surface area contributed by atoms with Crippen molar-refractivity contribution in [3.8, 4) is 17.2 Å². The lowest BCUT2D eigenvalue weighted by molar-refractivity contribution is -0.117. The predicted octanol–water partition coefficient (Wildman–Crippen LogP) is 2.15. The first-order chi connectivity index (χ1) is 14.5. The van der Waals surface area contributed by atoms with E-state index in [1.807, 2.05) is 4.72 Å². The highest BCUT2D eigenvalue weighted by atomic mass is 32.2. The number of carbonyl (C=O) groups excluding carboxylic acids is 2. The van der Waals surface area contributed by atoms with Crippen LogP contribution in [-0.2, 0) is 21.2 Å². The van der Waals surface area contributed by atoms with E-state index in [2.05, 4.69) is 5.10 Å². The first kappa shape index (κ1) is 22.0. The summed E-state index contributed by atoms with van der Waals surface area (Å²) in [5.74, 6) is -1.41. The summed E-state index contributed by atoms with van der Waals surface area (Å²) in [6.45, 7) is 4.62. The molecule has 0 spiro atoms. The Morgan fingerprint density at radius 3 is 2.32 bits per heavy atom. The van der Waals surface area contributed by atoms with Gasteiger partial charge in [-0.15, -0.1) is 0 Å². The lowest BCUT2D eigenvalue weighted by Crippen LogP contribution is -2.28. The summed E-state index contributed by atoms with van der Waals surface area (Å²) < 4.78 is 27.7. The van der Waals surface area contributed by atoms with Crippen molar-refractivity contribution in [3.05, 3.63) is 65.0 Å².